The van der Waals surface area contributed by atoms with Crippen molar-refractivity contribution in [3.05, 3.63) is 48.5 Å². The zero-order valence-corrected chi connectivity index (χ0v) is 16.8. The number of nitrogens with two attached hydrogens (primary N) is 4. The minimum absolute atomic E-state index is 0.0579. The molecule has 0 spiro atoms. The topological polar surface area (TPSA) is 205 Å². The number of nitrogen functional groups attached to an aromatic ring is 4. The maximum Gasteiger partial charge on any atom is 0.233 e. The van der Waals surface area contributed by atoms with Crippen LogP contribution in [0.5, 0.6) is 0 Å². The monoisotopic (exact) mass is 434 g/mol. The quantitative estimate of drug-likeness (QED) is 0.257. The van der Waals surface area contributed by atoms with Crippen LogP contribution in [0.25, 0.3) is 0 Å². The summed E-state index contributed by atoms with van der Waals surface area (Å²) < 4.78 is 0. The van der Waals surface area contributed by atoms with Crippen LogP contribution in [-0.4, -0.2) is 29.9 Å². The third-order valence-electron chi connectivity index (χ3n) is 3.80. The molecular weight excluding hydrogens is 416 g/mol. The zero-order valence-electron chi connectivity index (χ0n) is 16.0. The Bertz CT molecular complexity index is 1060. The van der Waals surface area contributed by atoms with E-state index < -0.39 is 0 Å². The molecule has 0 fully saturated rings. The first-order valence-electron chi connectivity index (χ1n) is 8.89. The number of anilines is 8. The fourth-order valence-electron chi connectivity index (χ4n) is 2.54. The molecule has 0 saturated carbocycles. The molecule has 2 aromatic heterocycles. The molecule has 0 unspecified atom stereocenters. The zero-order chi connectivity index (χ0) is 21.8. The third-order valence-corrected chi connectivity index (χ3v) is 4.81. The minimum Gasteiger partial charge on any atom is -0.368 e. The Labute approximate surface area is 181 Å². The lowest BCUT2D eigenvalue weighted by molar-refractivity contribution is 1.08. The summed E-state index contributed by atoms with van der Waals surface area (Å²) in [6, 6.07) is 15.5. The molecule has 0 aliphatic heterocycles. The molecule has 4 rings (SSSR count). The number of nitrogens with one attached hydrogen (secondary N) is 2. The van der Waals surface area contributed by atoms with Crippen LogP contribution in [0.1, 0.15) is 0 Å². The van der Waals surface area contributed by atoms with Gasteiger partial charge in [-0.15, -0.1) is 0 Å². The molecule has 4 aromatic rings. The molecule has 0 atom stereocenters. The molecule has 156 valence electrons. The van der Waals surface area contributed by atoms with Gasteiger partial charge in [0.2, 0.25) is 35.7 Å². The van der Waals surface area contributed by atoms with Crippen molar-refractivity contribution in [2.75, 3.05) is 33.6 Å². The molecule has 0 aliphatic carbocycles. The van der Waals surface area contributed by atoms with Crippen LogP contribution >= 0.6 is 11.8 Å². The van der Waals surface area contributed by atoms with Crippen LogP contribution in [0.3, 0.4) is 0 Å². The van der Waals surface area contributed by atoms with Crippen molar-refractivity contribution >= 4 is 58.8 Å². The van der Waals surface area contributed by atoms with Gasteiger partial charge in [0.15, 0.2) is 0 Å². The summed E-state index contributed by atoms with van der Waals surface area (Å²) in [6.45, 7) is 0. The van der Waals surface area contributed by atoms with Gasteiger partial charge in [0.1, 0.15) is 0 Å². The molecule has 13 heteroatoms. The van der Waals surface area contributed by atoms with E-state index in [1.807, 2.05) is 48.5 Å². The summed E-state index contributed by atoms with van der Waals surface area (Å²) in [5.74, 6) is 0.806. The maximum atomic E-state index is 5.58. The molecule has 12 nitrogen and oxygen atoms in total. The van der Waals surface area contributed by atoms with Crippen molar-refractivity contribution in [2.45, 2.75) is 9.79 Å². The summed E-state index contributed by atoms with van der Waals surface area (Å²) in [7, 11) is 0. The highest BCUT2D eigenvalue weighted by atomic mass is 32.2. The second-order valence-corrected chi connectivity index (χ2v) is 7.30. The Morgan fingerprint density at radius 2 is 0.806 bits per heavy atom. The summed E-state index contributed by atoms with van der Waals surface area (Å²) in [5, 5.41) is 6.08. The summed E-state index contributed by atoms with van der Waals surface area (Å²) >= 11 is 1.61. The lowest BCUT2D eigenvalue weighted by atomic mass is 10.3. The normalized spacial score (nSPS) is 10.6. The fraction of sp³-hybridized carbons (Fsp3) is 0. The lowest BCUT2D eigenvalue weighted by Gasteiger charge is -2.08. The van der Waals surface area contributed by atoms with Crippen molar-refractivity contribution < 1.29 is 0 Å². The highest BCUT2D eigenvalue weighted by Gasteiger charge is 2.05. The van der Waals surface area contributed by atoms with Gasteiger partial charge in [0.05, 0.1) is 0 Å². The second-order valence-electron chi connectivity index (χ2n) is 6.15. The Morgan fingerprint density at radius 3 is 1.13 bits per heavy atom. The molecule has 0 amide bonds. The van der Waals surface area contributed by atoms with Gasteiger partial charge in [-0.2, -0.15) is 29.9 Å². The molecule has 0 bridgehead atoms. The molecular formula is C18H18N12S. The average molecular weight is 434 g/mol. The van der Waals surface area contributed by atoms with E-state index in [2.05, 4.69) is 40.5 Å². The first-order valence-corrected chi connectivity index (χ1v) is 9.71. The first-order chi connectivity index (χ1) is 14.9. The number of hydrogen-bond donors (Lipinski definition) is 6. The summed E-state index contributed by atoms with van der Waals surface area (Å²) in [4.78, 5) is 25.6. The average Bonchev–Trinajstić information content (AvgIpc) is 2.69. The van der Waals surface area contributed by atoms with Crippen LogP contribution in [0.4, 0.5) is 47.1 Å². The number of aromatic nitrogens is 6. The van der Waals surface area contributed by atoms with E-state index in [-0.39, 0.29) is 35.7 Å². The van der Waals surface area contributed by atoms with Crippen molar-refractivity contribution in [3.63, 3.8) is 0 Å². The Balaban J connectivity index is 1.38. The molecule has 2 heterocycles. The smallest absolute Gasteiger partial charge is 0.233 e. The molecule has 31 heavy (non-hydrogen) atoms. The van der Waals surface area contributed by atoms with E-state index in [0.717, 1.165) is 21.2 Å². The van der Waals surface area contributed by atoms with Gasteiger partial charge in [-0.3, -0.25) is 0 Å². The Kier molecular flexibility index (Phi) is 5.49. The van der Waals surface area contributed by atoms with Crippen LogP contribution in [0.2, 0.25) is 0 Å². The summed E-state index contributed by atoms with van der Waals surface area (Å²) in [6.07, 6.45) is 0. The van der Waals surface area contributed by atoms with Crippen molar-refractivity contribution in [1.29, 1.82) is 0 Å². The van der Waals surface area contributed by atoms with Gasteiger partial charge in [-0.25, -0.2) is 0 Å². The molecule has 10 N–H and O–H groups in total. The Hall–Kier alpha value is -4.39. The number of hydrogen-bond acceptors (Lipinski definition) is 13. The summed E-state index contributed by atoms with van der Waals surface area (Å²) in [5.41, 5.74) is 23.9. The van der Waals surface area contributed by atoms with E-state index >= 15 is 0 Å². The van der Waals surface area contributed by atoms with E-state index in [0.29, 0.717) is 0 Å². The van der Waals surface area contributed by atoms with E-state index in [1.54, 1.807) is 11.8 Å². The molecule has 0 saturated heterocycles. The van der Waals surface area contributed by atoms with Gasteiger partial charge in [-0.1, -0.05) is 11.8 Å². The van der Waals surface area contributed by atoms with Crippen molar-refractivity contribution in [2.24, 2.45) is 0 Å². The lowest BCUT2D eigenvalue weighted by Crippen LogP contribution is -2.06. The molecule has 2 aromatic carbocycles. The van der Waals surface area contributed by atoms with E-state index in [9.17, 15) is 0 Å². The van der Waals surface area contributed by atoms with Crippen LogP contribution in [0, 0.1) is 0 Å². The Morgan fingerprint density at radius 1 is 0.484 bits per heavy atom. The minimum atomic E-state index is 0.0579. The van der Waals surface area contributed by atoms with E-state index in [1.165, 1.54) is 0 Å². The molecule has 0 radical (unpaired) electrons. The van der Waals surface area contributed by atoms with Crippen LogP contribution in [-0.2, 0) is 0 Å². The standard InChI is InChI=1S/C18H18N12S/c19-13-25-14(20)28-17(27-13)23-9-1-5-11(6-2-9)31-12-7-3-10(4-8-12)24-18-29-15(21)26-16(22)30-18/h1-8H,(H5,19,20,23,25,27,28)(H5,21,22,24,26,29,30). The number of rotatable bonds is 6. The molecule has 0 aliphatic rings. The number of benzene rings is 2. The number of nitrogens with zero attached hydrogens (tertiary/aromatic N) is 6. The second kappa shape index (κ2) is 8.54. The maximum absolute atomic E-state index is 5.58. The van der Waals surface area contributed by atoms with Gasteiger partial charge in [-0.05, 0) is 48.5 Å². The predicted molar refractivity (Wildman–Crippen MR) is 121 cm³/mol. The van der Waals surface area contributed by atoms with Gasteiger partial charge >= 0.3 is 0 Å². The predicted octanol–water partition coefficient (Wildman–Crippen LogP) is 2.02. The van der Waals surface area contributed by atoms with Gasteiger partial charge < -0.3 is 33.6 Å². The van der Waals surface area contributed by atoms with E-state index in [4.69, 9.17) is 22.9 Å². The highest BCUT2D eigenvalue weighted by Crippen LogP contribution is 2.30. The van der Waals surface area contributed by atoms with Crippen LogP contribution < -0.4 is 33.6 Å². The van der Waals surface area contributed by atoms with Crippen molar-refractivity contribution in [1.82, 2.24) is 29.9 Å². The highest BCUT2D eigenvalue weighted by molar-refractivity contribution is 7.99. The van der Waals surface area contributed by atoms with Crippen LogP contribution in [0.15, 0.2) is 58.3 Å². The fourth-order valence-corrected chi connectivity index (χ4v) is 3.35. The first kappa shape index (κ1) is 19.9. The van der Waals surface area contributed by atoms with Crippen molar-refractivity contribution in [3.8, 4) is 0 Å². The third kappa shape index (κ3) is 5.36. The van der Waals surface area contributed by atoms with Gasteiger partial charge in [0.25, 0.3) is 0 Å². The van der Waals surface area contributed by atoms with Gasteiger partial charge in [0, 0.05) is 21.2 Å². The SMILES string of the molecule is Nc1nc(N)nc(Nc2ccc(Sc3ccc(Nc4nc(N)nc(N)n4)cc3)cc2)n1. The largest absolute Gasteiger partial charge is 0.368 e.